The van der Waals surface area contributed by atoms with E-state index in [0.29, 0.717) is 18.8 Å². The van der Waals surface area contributed by atoms with Gasteiger partial charge in [-0.25, -0.2) is 0 Å². The van der Waals surface area contributed by atoms with Crippen LogP contribution in [-0.4, -0.2) is 5.91 Å². The molecule has 0 radical (unpaired) electrons. The molecule has 3 nitrogen and oxygen atoms in total. The Kier molecular flexibility index (Phi) is 6.08. The summed E-state index contributed by atoms with van der Waals surface area (Å²) >= 11 is 0. The van der Waals surface area contributed by atoms with E-state index >= 15 is 0 Å². The summed E-state index contributed by atoms with van der Waals surface area (Å²) in [6, 6.07) is 10.1. The average Bonchev–Trinajstić information content (AvgIpc) is 2.40. The van der Waals surface area contributed by atoms with E-state index in [1.165, 1.54) is 0 Å². The number of anilines is 1. The standard InChI is InChI=1S/C16H22N2O/c1-4-13(11-17)9-10-16(19)18-15-8-6-5-7-14(15)12(2)3/h5-8,12-13H,4,9-10H2,1-3H3,(H,18,19). The third-order valence-electron chi connectivity index (χ3n) is 3.25. The van der Waals surface area contributed by atoms with Crippen LogP contribution in [0.1, 0.15) is 51.5 Å². The van der Waals surface area contributed by atoms with E-state index in [1.807, 2.05) is 31.2 Å². The number of nitrogens with zero attached hydrogens (tertiary/aromatic N) is 1. The van der Waals surface area contributed by atoms with E-state index in [1.54, 1.807) is 0 Å². The number of hydrogen-bond acceptors (Lipinski definition) is 2. The number of hydrogen-bond donors (Lipinski definition) is 1. The molecule has 0 aliphatic carbocycles. The molecule has 0 aromatic heterocycles. The second-order valence-electron chi connectivity index (χ2n) is 5.06. The van der Waals surface area contributed by atoms with E-state index in [4.69, 9.17) is 5.26 Å². The highest BCUT2D eigenvalue weighted by Gasteiger charge is 2.11. The summed E-state index contributed by atoms with van der Waals surface area (Å²) in [6.07, 6.45) is 1.83. The monoisotopic (exact) mass is 258 g/mol. The lowest BCUT2D eigenvalue weighted by Gasteiger charge is -2.14. The molecule has 0 spiro atoms. The van der Waals surface area contributed by atoms with Crippen molar-refractivity contribution in [1.29, 1.82) is 5.26 Å². The van der Waals surface area contributed by atoms with Crippen LogP contribution in [-0.2, 0) is 4.79 Å². The predicted molar refractivity (Wildman–Crippen MR) is 77.8 cm³/mol. The van der Waals surface area contributed by atoms with Crippen LogP contribution >= 0.6 is 0 Å². The molecule has 1 rings (SSSR count). The van der Waals surface area contributed by atoms with Gasteiger partial charge in [-0.1, -0.05) is 39.0 Å². The van der Waals surface area contributed by atoms with Crippen LogP contribution in [0.5, 0.6) is 0 Å². The van der Waals surface area contributed by atoms with E-state index in [-0.39, 0.29) is 11.8 Å². The maximum atomic E-state index is 11.9. The van der Waals surface area contributed by atoms with Crippen LogP contribution in [0.15, 0.2) is 24.3 Å². The van der Waals surface area contributed by atoms with Crippen LogP contribution in [0.2, 0.25) is 0 Å². The second kappa shape index (κ2) is 7.58. The van der Waals surface area contributed by atoms with Crippen LogP contribution in [0, 0.1) is 17.2 Å². The zero-order chi connectivity index (χ0) is 14.3. The van der Waals surface area contributed by atoms with E-state index in [0.717, 1.165) is 17.7 Å². The quantitative estimate of drug-likeness (QED) is 0.836. The van der Waals surface area contributed by atoms with Crippen LogP contribution in [0.4, 0.5) is 5.69 Å². The summed E-state index contributed by atoms with van der Waals surface area (Å²) in [5.41, 5.74) is 2.02. The van der Waals surface area contributed by atoms with Gasteiger partial charge in [-0.05, 0) is 30.4 Å². The van der Waals surface area contributed by atoms with Gasteiger partial charge in [0.2, 0.25) is 5.91 Å². The fraction of sp³-hybridized carbons (Fsp3) is 0.500. The molecule has 1 aromatic rings. The first-order valence-corrected chi connectivity index (χ1v) is 6.86. The Bertz CT molecular complexity index is 460. The lowest BCUT2D eigenvalue weighted by Crippen LogP contribution is -2.14. The van der Waals surface area contributed by atoms with Gasteiger partial charge in [-0.3, -0.25) is 4.79 Å². The summed E-state index contributed by atoms with van der Waals surface area (Å²) in [6.45, 7) is 6.18. The Labute approximate surface area is 115 Å². The minimum atomic E-state index is -0.0221. The molecule has 0 saturated carbocycles. The minimum Gasteiger partial charge on any atom is -0.326 e. The van der Waals surface area contributed by atoms with Crippen molar-refractivity contribution in [3.05, 3.63) is 29.8 Å². The Hall–Kier alpha value is -1.82. The predicted octanol–water partition coefficient (Wildman–Crippen LogP) is 4.08. The number of rotatable bonds is 6. The number of benzene rings is 1. The van der Waals surface area contributed by atoms with Crippen molar-refractivity contribution >= 4 is 11.6 Å². The summed E-state index contributed by atoms with van der Waals surface area (Å²) in [4.78, 5) is 11.9. The molecule has 1 atom stereocenters. The van der Waals surface area contributed by atoms with Crippen molar-refractivity contribution in [2.24, 2.45) is 5.92 Å². The van der Waals surface area contributed by atoms with Crippen LogP contribution < -0.4 is 5.32 Å². The average molecular weight is 258 g/mol. The Balaban J connectivity index is 2.60. The Morgan fingerprint density at radius 1 is 1.37 bits per heavy atom. The van der Waals surface area contributed by atoms with Crippen molar-refractivity contribution in [2.75, 3.05) is 5.32 Å². The van der Waals surface area contributed by atoms with Crippen molar-refractivity contribution < 1.29 is 4.79 Å². The largest absolute Gasteiger partial charge is 0.326 e. The van der Waals surface area contributed by atoms with Gasteiger partial charge in [0.1, 0.15) is 0 Å². The third-order valence-corrected chi connectivity index (χ3v) is 3.25. The summed E-state index contributed by atoms with van der Waals surface area (Å²) < 4.78 is 0. The summed E-state index contributed by atoms with van der Waals surface area (Å²) in [5, 5.41) is 11.8. The highest BCUT2D eigenvalue weighted by atomic mass is 16.1. The first kappa shape index (κ1) is 15.2. The Morgan fingerprint density at radius 2 is 2.05 bits per heavy atom. The minimum absolute atomic E-state index is 0.0122. The molecule has 0 bridgehead atoms. The zero-order valence-corrected chi connectivity index (χ0v) is 11.9. The van der Waals surface area contributed by atoms with Gasteiger partial charge >= 0.3 is 0 Å². The molecular formula is C16H22N2O. The van der Waals surface area contributed by atoms with Crippen LogP contribution in [0.3, 0.4) is 0 Å². The third kappa shape index (κ3) is 4.75. The van der Waals surface area contributed by atoms with Crippen LogP contribution in [0.25, 0.3) is 0 Å². The fourth-order valence-corrected chi connectivity index (χ4v) is 1.99. The van der Waals surface area contributed by atoms with Gasteiger partial charge in [0.15, 0.2) is 0 Å². The Morgan fingerprint density at radius 3 is 2.63 bits per heavy atom. The van der Waals surface area contributed by atoms with Crippen molar-refractivity contribution in [3.63, 3.8) is 0 Å². The van der Waals surface area contributed by atoms with E-state index in [9.17, 15) is 4.79 Å². The lowest BCUT2D eigenvalue weighted by atomic mass is 10.00. The molecule has 1 aromatic carbocycles. The molecule has 0 aliphatic rings. The van der Waals surface area contributed by atoms with E-state index in [2.05, 4.69) is 25.2 Å². The first-order valence-electron chi connectivity index (χ1n) is 6.86. The molecule has 1 unspecified atom stereocenters. The van der Waals surface area contributed by atoms with Crippen molar-refractivity contribution in [2.45, 2.75) is 46.0 Å². The van der Waals surface area contributed by atoms with Gasteiger partial charge in [0.05, 0.1) is 6.07 Å². The van der Waals surface area contributed by atoms with Gasteiger partial charge in [-0.15, -0.1) is 0 Å². The molecule has 3 heteroatoms. The zero-order valence-electron chi connectivity index (χ0n) is 11.9. The number of nitrogens with one attached hydrogen (secondary N) is 1. The van der Waals surface area contributed by atoms with Crippen molar-refractivity contribution in [3.8, 4) is 6.07 Å². The smallest absolute Gasteiger partial charge is 0.224 e. The molecule has 0 heterocycles. The molecule has 0 saturated heterocycles. The van der Waals surface area contributed by atoms with Gasteiger partial charge in [-0.2, -0.15) is 5.26 Å². The molecule has 102 valence electrons. The normalized spacial score (nSPS) is 11.9. The highest BCUT2D eigenvalue weighted by Crippen LogP contribution is 2.24. The molecule has 0 aliphatic heterocycles. The van der Waals surface area contributed by atoms with Gasteiger partial charge in [0, 0.05) is 18.0 Å². The molecule has 19 heavy (non-hydrogen) atoms. The lowest BCUT2D eigenvalue weighted by molar-refractivity contribution is -0.116. The molecule has 1 N–H and O–H groups in total. The second-order valence-corrected chi connectivity index (χ2v) is 5.06. The maximum absolute atomic E-state index is 11.9. The van der Waals surface area contributed by atoms with Gasteiger partial charge in [0.25, 0.3) is 0 Å². The SMILES string of the molecule is CCC(C#N)CCC(=O)Nc1ccccc1C(C)C. The molecular weight excluding hydrogens is 236 g/mol. The molecule has 1 amide bonds. The first-order chi connectivity index (χ1) is 9.08. The number of para-hydroxylation sites is 1. The van der Waals surface area contributed by atoms with Gasteiger partial charge < -0.3 is 5.32 Å². The summed E-state index contributed by atoms with van der Waals surface area (Å²) in [5.74, 6) is 0.340. The van der Waals surface area contributed by atoms with Crippen molar-refractivity contribution in [1.82, 2.24) is 0 Å². The number of carbonyl (C=O) groups is 1. The fourth-order valence-electron chi connectivity index (χ4n) is 1.99. The summed E-state index contributed by atoms with van der Waals surface area (Å²) in [7, 11) is 0. The number of nitriles is 1. The topological polar surface area (TPSA) is 52.9 Å². The highest BCUT2D eigenvalue weighted by molar-refractivity contribution is 5.91. The molecule has 0 fully saturated rings. The number of amides is 1. The number of carbonyl (C=O) groups excluding carboxylic acids is 1. The maximum Gasteiger partial charge on any atom is 0.224 e. The van der Waals surface area contributed by atoms with E-state index < -0.39 is 0 Å².